The predicted molar refractivity (Wildman–Crippen MR) is 125 cm³/mol. The number of thioether (sulfide) groups is 1. The lowest BCUT2D eigenvalue weighted by Gasteiger charge is -2.23. The Bertz CT molecular complexity index is 1110. The standard InChI is InChI=1S/C23H25BrN2O3S/c1-14(2)15-9-10-18(17-8-6-5-7-16(15)17)26-20(24)13-25-22(26)30-23(3,4)19(27)11-12-21(28)29/h5-10,13-14H,11-12H2,1-4H3,(H,28,29). The van der Waals surface area contributed by atoms with Crippen LogP contribution in [0.1, 0.15) is 52.0 Å². The van der Waals surface area contributed by atoms with E-state index in [-0.39, 0.29) is 18.6 Å². The number of nitrogens with zero attached hydrogens (tertiary/aromatic N) is 2. The van der Waals surface area contributed by atoms with Crippen molar-refractivity contribution in [2.24, 2.45) is 0 Å². The smallest absolute Gasteiger partial charge is 0.303 e. The maximum atomic E-state index is 12.6. The summed E-state index contributed by atoms with van der Waals surface area (Å²) in [5.74, 6) is -0.680. The van der Waals surface area contributed by atoms with Crippen LogP contribution in [0.4, 0.5) is 0 Å². The van der Waals surface area contributed by atoms with E-state index in [1.165, 1.54) is 22.7 Å². The molecule has 5 nitrogen and oxygen atoms in total. The van der Waals surface area contributed by atoms with Crippen molar-refractivity contribution in [3.63, 3.8) is 0 Å². The molecule has 0 aliphatic heterocycles. The Labute approximate surface area is 189 Å². The zero-order valence-electron chi connectivity index (χ0n) is 17.5. The van der Waals surface area contributed by atoms with Gasteiger partial charge in [0.25, 0.3) is 0 Å². The molecular formula is C23H25BrN2O3S. The van der Waals surface area contributed by atoms with Gasteiger partial charge >= 0.3 is 5.97 Å². The summed E-state index contributed by atoms with van der Waals surface area (Å²) < 4.78 is 2.00. The van der Waals surface area contributed by atoms with Crippen molar-refractivity contribution >= 4 is 50.2 Å². The van der Waals surface area contributed by atoms with E-state index in [1.54, 1.807) is 6.20 Å². The van der Waals surface area contributed by atoms with Gasteiger partial charge in [0.15, 0.2) is 5.16 Å². The zero-order chi connectivity index (χ0) is 22.1. The molecule has 0 unspecified atom stereocenters. The molecule has 0 saturated carbocycles. The highest BCUT2D eigenvalue weighted by Crippen LogP contribution is 2.39. The van der Waals surface area contributed by atoms with Crippen molar-refractivity contribution in [1.29, 1.82) is 0 Å². The van der Waals surface area contributed by atoms with E-state index < -0.39 is 10.7 Å². The van der Waals surface area contributed by atoms with Crippen molar-refractivity contribution in [2.45, 2.75) is 56.4 Å². The molecule has 0 aliphatic rings. The molecule has 30 heavy (non-hydrogen) atoms. The summed E-state index contributed by atoms with van der Waals surface area (Å²) in [5.41, 5.74) is 2.26. The molecule has 1 heterocycles. The van der Waals surface area contributed by atoms with E-state index >= 15 is 0 Å². The van der Waals surface area contributed by atoms with Crippen LogP contribution < -0.4 is 0 Å². The van der Waals surface area contributed by atoms with Crippen molar-refractivity contribution in [2.75, 3.05) is 0 Å². The monoisotopic (exact) mass is 488 g/mol. The van der Waals surface area contributed by atoms with E-state index in [1.807, 2.05) is 30.5 Å². The van der Waals surface area contributed by atoms with Gasteiger partial charge in [0.1, 0.15) is 10.4 Å². The second kappa shape index (κ2) is 8.94. The highest BCUT2D eigenvalue weighted by molar-refractivity contribution is 9.10. The predicted octanol–water partition coefficient (Wildman–Crippen LogP) is 6.22. The van der Waals surface area contributed by atoms with Crippen LogP contribution in [-0.2, 0) is 9.59 Å². The van der Waals surface area contributed by atoms with Gasteiger partial charge in [-0.1, -0.05) is 55.9 Å². The maximum absolute atomic E-state index is 12.6. The van der Waals surface area contributed by atoms with Crippen molar-refractivity contribution in [3.8, 4) is 5.69 Å². The first kappa shape index (κ1) is 22.6. The molecule has 0 fully saturated rings. The Morgan fingerprint density at radius 3 is 2.43 bits per heavy atom. The molecule has 0 amide bonds. The Kier molecular flexibility index (Phi) is 6.72. The number of carbonyl (C=O) groups is 2. The number of carboxylic acids is 1. The fourth-order valence-electron chi connectivity index (χ4n) is 3.42. The molecule has 1 aromatic heterocycles. The Morgan fingerprint density at radius 1 is 1.13 bits per heavy atom. The Morgan fingerprint density at radius 2 is 1.80 bits per heavy atom. The molecule has 1 N–H and O–H groups in total. The topological polar surface area (TPSA) is 72.2 Å². The number of ketones is 1. The number of carboxylic acid groups (broad SMARTS) is 1. The van der Waals surface area contributed by atoms with E-state index in [9.17, 15) is 9.59 Å². The van der Waals surface area contributed by atoms with Gasteiger partial charge in [-0.3, -0.25) is 14.2 Å². The summed E-state index contributed by atoms with van der Waals surface area (Å²) in [6.07, 6.45) is 1.57. The third-order valence-electron chi connectivity index (χ3n) is 5.07. The Balaban J connectivity index is 2.04. The number of halogens is 1. The Hall–Kier alpha value is -2.12. The second-order valence-electron chi connectivity index (χ2n) is 8.00. The summed E-state index contributed by atoms with van der Waals surface area (Å²) in [6.45, 7) is 7.99. The molecule has 0 spiro atoms. The van der Waals surface area contributed by atoms with Crippen LogP contribution in [0.15, 0.2) is 52.4 Å². The van der Waals surface area contributed by atoms with Gasteiger partial charge in [-0.15, -0.1) is 0 Å². The minimum atomic E-state index is -0.967. The van der Waals surface area contributed by atoms with Crippen molar-refractivity contribution < 1.29 is 14.7 Å². The number of imidazole rings is 1. The largest absolute Gasteiger partial charge is 0.481 e. The molecule has 3 aromatic rings. The highest BCUT2D eigenvalue weighted by Gasteiger charge is 2.31. The molecule has 0 aliphatic carbocycles. The molecular weight excluding hydrogens is 464 g/mol. The van der Waals surface area contributed by atoms with Crippen LogP contribution in [0.3, 0.4) is 0 Å². The van der Waals surface area contributed by atoms with E-state index in [0.29, 0.717) is 11.1 Å². The number of aliphatic carboxylic acids is 1. The van der Waals surface area contributed by atoms with E-state index in [4.69, 9.17) is 5.11 Å². The molecule has 158 valence electrons. The molecule has 0 radical (unpaired) electrons. The summed E-state index contributed by atoms with van der Waals surface area (Å²) >= 11 is 4.95. The number of hydrogen-bond donors (Lipinski definition) is 1. The third-order valence-corrected chi connectivity index (χ3v) is 6.84. The van der Waals surface area contributed by atoms with E-state index in [2.05, 4.69) is 59.0 Å². The molecule has 0 atom stereocenters. The average Bonchev–Trinajstić information content (AvgIpc) is 3.04. The van der Waals surface area contributed by atoms with Crippen molar-refractivity contribution in [3.05, 3.63) is 52.8 Å². The van der Waals surface area contributed by atoms with Crippen molar-refractivity contribution in [1.82, 2.24) is 9.55 Å². The minimum Gasteiger partial charge on any atom is -0.481 e. The molecule has 7 heteroatoms. The molecule has 0 bridgehead atoms. The summed E-state index contributed by atoms with van der Waals surface area (Å²) in [5, 5.41) is 11.9. The molecule has 3 rings (SSSR count). The molecule has 2 aromatic carbocycles. The van der Waals surface area contributed by atoms with Gasteiger partial charge in [-0.05, 0) is 52.7 Å². The number of fused-ring (bicyclic) bond motifs is 1. The van der Waals surface area contributed by atoms with Crippen LogP contribution in [0, 0.1) is 0 Å². The van der Waals surface area contributed by atoms with Crippen LogP contribution in [0.2, 0.25) is 0 Å². The first-order valence-electron chi connectivity index (χ1n) is 9.81. The lowest BCUT2D eigenvalue weighted by Crippen LogP contribution is -2.28. The fourth-order valence-corrected chi connectivity index (χ4v) is 5.06. The fraction of sp³-hybridized carbons (Fsp3) is 0.348. The lowest BCUT2D eigenvalue weighted by molar-refractivity contribution is -0.138. The average molecular weight is 489 g/mol. The number of Topliss-reactive ketones (excluding diaryl/α,β-unsaturated/α-hetero) is 1. The number of hydrogen-bond acceptors (Lipinski definition) is 4. The van der Waals surface area contributed by atoms with Crippen LogP contribution in [-0.4, -0.2) is 31.2 Å². The lowest BCUT2D eigenvalue weighted by atomic mass is 9.95. The molecule has 0 saturated heterocycles. The highest BCUT2D eigenvalue weighted by atomic mass is 79.9. The van der Waals surface area contributed by atoms with E-state index in [0.717, 1.165) is 15.7 Å². The summed E-state index contributed by atoms with van der Waals surface area (Å²) in [4.78, 5) is 28.0. The maximum Gasteiger partial charge on any atom is 0.303 e. The SMILES string of the molecule is CC(C)c1ccc(-n2c(Br)cnc2SC(C)(C)C(=O)CCC(=O)O)c2ccccc12. The number of aromatic nitrogens is 2. The summed E-state index contributed by atoms with van der Waals surface area (Å²) in [7, 11) is 0. The van der Waals surface area contributed by atoms with Crippen LogP contribution >= 0.6 is 27.7 Å². The van der Waals surface area contributed by atoms with Gasteiger partial charge in [-0.25, -0.2) is 4.98 Å². The van der Waals surface area contributed by atoms with Gasteiger partial charge in [0.05, 0.1) is 23.1 Å². The zero-order valence-corrected chi connectivity index (χ0v) is 19.9. The number of rotatable bonds is 8. The minimum absolute atomic E-state index is 0.00320. The van der Waals surface area contributed by atoms with Crippen LogP contribution in [0.5, 0.6) is 0 Å². The van der Waals surface area contributed by atoms with Gasteiger partial charge < -0.3 is 5.11 Å². The van der Waals surface area contributed by atoms with Gasteiger partial charge in [0, 0.05) is 11.8 Å². The summed E-state index contributed by atoms with van der Waals surface area (Å²) in [6, 6.07) is 12.5. The third kappa shape index (κ3) is 4.62. The quantitative estimate of drug-likeness (QED) is 0.381. The van der Waals surface area contributed by atoms with Crippen LogP contribution in [0.25, 0.3) is 16.5 Å². The van der Waals surface area contributed by atoms with Gasteiger partial charge in [0.2, 0.25) is 0 Å². The van der Waals surface area contributed by atoms with Gasteiger partial charge in [-0.2, -0.15) is 0 Å². The first-order chi connectivity index (χ1) is 14.1. The normalized spacial score (nSPS) is 11.9. The first-order valence-corrected chi connectivity index (χ1v) is 11.4. The second-order valence-corrected chi connectivity index (χ2v) is 10.4. The number of carbonyl (C=O) groups excluding carboxylic acids is 1. The number of benzene rings is 2.